The molecule has 1 aliphatic heterocycles. The van der Waals surface area contributed by atoms with Crippen LogP contribution in [0, 0.1) is 12.8 Å². The summed E-state index contributed by atoms with van der Waals surface area (Å²) in [5.74, 6) is 0.740. The SMILES string of the molecule is CCC/C=C(/N)c1ccc(CN(C(=O)c2ccc(C)cn2)C2CCN(CCC(C)C)CC2)cc1. The van der Waals surface area contributed by atoms with E-state index in [9.17, 15) is 4.79 Å². The summed E-state index contributed by atoms with van der Waals surface area (Å²) < 4.78 is 0. The van der Waals surface area contributed by atoms with Crippen LogP contribution in [0.5, 0.6) is 0 Å². The third-order valence-corrected chi connectivity index (χ3v) is 6.71. The van der Waals surface area contributed by atoms with Gasteiger partial charge in [-0.3, -0.25) is 9.78 Å². The van der Waals surface area contributed by atoms with Crippen LogP contribution in [0.3, 0.4) is 0 Å². The second-order valence-electron chi connectivity index (χ2n) is 10.1. The van der Waals surface area contributed by atoms with E-state index >= 15 is 0 Å². The fourth-order valence-electron chi connectivity index (χ4n) is 4.42. The van der Waals surface area contributed by atoms with E-state index in [1.54, 1.807) is 6.20 Å². The number of benzene rings is 1. The topological polar surface area (TPSA) is 62.5 Å². The minimum absolute atomic E-state index is 0.0204. The molecule has 5 nitrogen and oxygen atoms in total. The molecule has 1 aliphatic rings. The highest BCUT2D eigenvalue weighted by molar-refractivity contribution is 5.92. The quantitative estimate of drug-likeness (QED) is 0.496. The van der Waals surface area contributed by atoms with Gasteiger partial charge < -0.3 is 15.5 Å². The van der Waals surface area contributed by atoms with Crippen LogP contribution in [0.25, 0.3) is 5.70 Å². The van der Waals surface area contributed by atoms with Crippen LogP contribution in [0.2, 0.25) is 0 Å². The Morgan fingerprint density at radius 2 is 1.88 bits per heavy atom. The Bertz CT molecular complexity index is 926. The summed E-state index contributed by atoms with van der Waals surface area (Å²) in [5, 5.41) is 0. The molecule has 0 unspecified atom stereocenters. The van der Waals surface area contributed by atoms with Crippen molar-refractivity contribution in [3.05, 3.63) is 71.1 Å². The van der Waals surface area contributed by atoms with Gasteiger partial charge in [0.25, 0.3) is 5.91 Å². The first-order chi connectivity index (χ1) is 16.4. The number of allylic oxidation sites excluding steroid dienone is 1. The van der Waals surface area contributed by atoms with Crippen molar-refractivity contribution in [2.75, 3.05) is 19.6 Å². The van der Waals surface area contributed by atoms with Crippen molar-refractivity contribution in [2.45, 2.75) is 72.4 Å². The lowest BCUT2D eigenvalue weighted by Crippen LogP contribution is -2.47. The second-order valence-corrected chi connectivity index (χ2v) is 10.1. The molecule has 1 amide bonds. The summed E-state index contributed by atoms with van der Waals surface area (Å²) in [4.78, 5) is 22.6. The number of rotatable bonds is 10. The maximum absolute atomic E-state index is 13.6. The second kappa shape index (κ2) is 12.7. The Balaban J connectivity index is 1.74. The number of nitrogens with two attached hydrogens (primary N) is 1. The fraction of sp³-hybridized carbons (Fsp3) is 0.517. The molecule has 2 aromatic rings. The lowest BCUT2D eigenvalue weighted by molar-refractivity contribution is 0.0540. The average molecular weight is 463 g/mol. The third kappa shape index (κ3) is 7.42. The Hall–Kier alpha value is -2.66. The normalized spacial score (nSPS) is 15.6. The molecule has 184 valence electrons. The molecule has 0 spiro atoms. The molecule has 5 heteroatoms. The maximum Gasteiger partial charge on any atom is 0.272 e. The zero-order valence-corrected chi connectivity index (χ0v) is 21.5. The van der Waals surface area contributed by atoms with E-state index in [4.69, 9.17) is 5.73 Å². The van der Waals surface area contributed by atoms with E-state index in [2.05, 4.69) is 61.0 Å². The van der Waals surface area contributed by atoms with Crippen LogP contribution in [0.15, 0.2) is 48.7 Å². The van der Waals surface area contributed by atoms with Crippen molar-refractivity contribution in [3.63, 3.8) is 0 Å². The molecule has 2 N–H and O–H groups in total. The highest BCUT2D eigenvalue weighted by Crippen LogP contribution is 2.23. The number of amides is 1. The van der Waals surface area contributed by atoms with Crippen LogP contribution in [-0.4, -0.2) is 46.4 Å². The molecular formula is C29H42N4O. The summed E-state index contributed by atoms with van der Waals surface area (Å²) in [6.45, 7) is 12.5. The Morgan fingerprint density at radius 1 is 1.18 bits per heavy atom. The van der Waals surface area contributed by atoms with Crippen molar-refractivity contribution >= 4 is 11.6 Å². The summed E-state index contributed by atoms with van der Waals surface area (Å²) >= 11 is 0. The molecule has 0 bridgehead atoms. The summed E-state index contributed by atoms with van der Waals surface area (Å²) in [6.07, 6.45) is 9.15. The van der Waals surface area contributed by atoms with Crippen LogP contribution in [0.4, 0.5) is 0 Å². The van der Waals surface area contributed by atoms with E-state index in [0.29, 0.717) is 12.2 Å². The standard InChI is InChI=1S/C29H42N4O/c1-5-6-7-27(30)25-11-9-24(10-12-25)21-33(29(34)28-13-8-23(4)20-31-28)26-15-18-32(19-16-26)17-14-22(2)3/h7-13,20,22,26H,5-6,14-19,21,30H2,1-4H3/b27-7+. The summed E-state index contributed by atoms with van der Waals surface area (Å²) in [5.41, 5.74) is 10.8. The lowest BCUT2D eigenvalue weighted by Gasteiger charge is -2.38. The van der Waals surface area contributed by atoms with Gasteiger partial charge in [-0.25, -0.2) is 0 Å². The Kier molecular flexibility index (Phi) is 9.70. The number of likely N-dealkylation sites (tertiary alicyclic amines) is 1. The van der Waals surface area contributed by atoms with Gasteiger partial charge in [0.15, 0.2) is 0 Å². The zero-order chi connectivity index (χ0) is 24.5. The largest absolute Gasteiger partial charge is 0.399 e. The molecule has 2 heterocycles. The number of pyridine rings is 1. The van der Waals surface area contributed by atoms with E-state index in [1.807, 2.05) is 24.0 Å². The van der Waals surface area contributed by atoms with Crippen molar-refractivity contribution in [3.8, 4) is 0 Å². The molecule has 1 aromatic carbocycles. The average Bonchev–Trinajstić information content (AvgIpc) is 2.85. The van der Waals surface area contributed by atoms with E-state index in [-0.39, 0.29) is 11.9 Å². The van der Waals surface area contributed by atoms with Gasteiger partial charge in [-0.2, -0.15) is 0 Å². The number of piperidine rings is 1. The molecule has 1 saturated heterocycles. The summed E-state index contributed by atoms with van der Waals surface area (Å²) in [7, 11) is 0. The van der Waals surface area contributed by atoms with Crippen LogP contribution in [-0.2, 0) is 6.54 Å². The van der Waals surface area contributed by atoms with Crippen LogP contribution in [0.1, 0.15) is 80.1 Å². The minimum Gasteiger partial charge on any atom is -0.399 e. The van der Waals surface area contributed by atoms with Gasteiger partial charge in [0.1, 0.15) is 5.69 Å². The molecule has 3 rings (SSSR count). The predicted octanol–water partition coefficient (Wildman–Crippen LogP) is 5.64. The molecule has 0 atom stereocenters. The number of aryl methyl sites for hydroxylation is 1. The van der Waals surface area contributed by atoms with E-state index in [1.165, 1.54) is 6.42 Å². The molecule has 0 saturated carbocycles. The van der Waals surface area contributed by atoms with Crippen molar-refractivity contribution < 1.29 is 4.79 Å². The predicted molar refractivity (Wildman–Crippen MR) is 141 cm³/mol. The van der Waals surface area contributed by atoms with Gasteiger partial charge >= 0.3 is 0 Å². The number of aromatic nitrogens is 1. The first kappa shape index (κ1) is 26.0. The lowest BCUT2D eigenvalue weighted by atomic mass is 10.00. The van der Waals surface area contributed by atoms with Crippen molar-refractivity contribution in [1.29, 1.82) is 0 Å². The van der Waals surface area contributed by atoms with E-state index < -0.39 is 0 Å². The monoisotopic (exact) mass is 462 g/mol. The van der Waals surface area contributed by atoms with Crippen molar-refractivity contribution in [2.24, 2.45) is 11.7 Å². The van der Waals surface area contributed by atoms with Gasteiger partial charge in [0, 0.05) is 37.6 Å². The molecule has 0 aliphatic carbocycles. The Morgan fingerprint density at radius 3 is 2.47 bits per heavy atom. The number of hydrogen-bond acceptors (Lipinski definition) is 4. The highest BCUT2D eigenvalue weighted by atomic mass is 16.2. The summed E-state index contributed by atoms with van der Waals surface area (Å²) in [6, 6.07) is 12.4. The van der Waals surface area contributed by atoms with Gasteiger partial charge in [-0.05, 0) is 67.8 Å². The smallest absolute Gasteiger partial charge is 0.272 e. The zero-order valence-electron chi connectivity index (χ0n) is 21.5. The molecule has 1 aromatic heterocycles. The molecule has 0 radical (unpaired) electrons. The van der Waals surface area contributed by atoms with Gasteiger partial charge in [0.2, 0.25) is 0 Å². The Labute approximate surface area is 206 Å². The maximum atomic E-state index is 13.6. The van der Waals surface area contributed by atoms with Gasteiger partial charge in [-0.1, -0.05) is 63.6 Å². The number of hydrogen-bond donors (Lipinski definition) is 1. The van der Waals surface area contributed by atoms with Crippen LogP contribution >= 0.6 is 0 Å². The number of nitrogens with zero attached hydrogens (tertiary/aromatic N) is 3. The number of unbranched alkanes of at least 4 members (excludes halogenated alkanes) is 1. The fourth-order valence-corrected chi connectivity index (χ4v) is 4.42. The highest BCUT2D eigenvalue weighted by Gasteiger charge is 2.29. The number of carbonyl (C=O) groups excluding carboxylic acids is 1. The third-order valence-electron chi connectivity index (χ3n) is 6.71. The molecule has 34 heavy (non-hydrogen) atoms. The first-order valence-corrected chi connectivity index (χ1v) is 12.9. The first-order valence-electron chi connectivity index (χ1n) is 12.9. The van der Waals surface area contributed by atoms with Crippen molar-refractivity contribution in [1.82, 2.24) is 14.8 Å². The van der Waals surface area contributed by atoms with E-state index in [0.717, 1.165) is 73.6 Å². The number of carbonyl (C=O) groups is 1. The molecular weight excluding hydrogens is 420 g/mol. The molecule has 1 fully saturated rings. The van der Waals surface area contributed by atoms with Crippen LogP contribution < -0.4 is 5.73 Å². The van der Waals surface area contributed by atoms with Gasteiger partial charge in [0.05, 0.1) is 0 Å². The van der Waals surface area contributed by atoms with Gasteiger partial charge in [-0.15, -0.1) is 0 Å². The minimum atomic E-state index is 0.0204.